The van der Waals surface area contributed by atoms with Crippen molar-refractivity contribution < 1.29 is 0 Å². The van der Waals surface area contributed by atoms with Crippen LogP contribution in [0, 0.1) is 0 Å². The molecule has 1 aromatic rings. The topological polar surface area (TPSA) is 29.9 Å². The van der Waals surface area contributed by atoms with E-state index in [9.17, 15) is 0 Å². The van der Waals surface area contributed by atoms with E-state index in [1.165, 1.54) is 37.8 Å². The fraction of sp³-hybridized carbons (Fsp3) is 0.824. The van der Waals surface area contributed by atoms with Gasteiger partial charge < -0.3 is 5.32 Å². The van der Waals surface area contributed by atoms with Gasteiger partial charge >= 0.3 is 0 Å². The van der Waals surface area contributed by atoms with Crippen molar-refractivity contribution in [2.75, 3.05) is 12.8 Å². The molecular formula is C17H31N3S. The van der Waals surface area contributed by atoms with Gasteiger partial charge in [-0.25, -0.2) is 0 Å². The Labute approximate surface area is 134 Å². The van der Waals surface area contributed by atoms with Crippen molar-refractivity contribution in [2.24, 2.45) is 0 Å². The molecule has 1 saturated carbocycles. The maximum atomic E-state index is 4.73. The van der Waals surface area contributed by atoms with Crippen molar-refractivity contribution in [2.45, 2.75) is 76.1 Å². The molecule has 0 bridgehead atoms. The van der Waals surface area contributed by atoms with E-state index < -0.39 is 0 Å². The molecule has 0 atom stereocenters. The number of nitrogens with one attached hydrogen (secondary N) is 1. The van der Waals surface area contributed by atoms with Crippen LogP contribution < -0.4 is 5.32 Å². The lowest BCUT2D eigenvalue weighted by atomic mass is 9.88. The van der Waals surface area contributed by atoms with E-state index in [2.05, 4.69) is 54.1 Å². The monoisotopic (exact) mass is 309 g/mol. The fourth-order valence-electron chi connectivity index (χ4n) is 3.41. The summed E-state index contributed by atoms with van der Waals surface area (Å²) in [6.45, 7) is 6.49. The van der Waals surface area contributed by atoms with E-state index in [1.54, 1.807) is 0 Å². The molecular weight excluding hydrogens is 278 g/mol. The SMILES string of the molecule is CCC(CC)n1ccc(CNCC2(SC)CCCCC2)n1. The smallest absolute Gasteiger partial charge is 0.0762 e. The normalized spacial score (nSPS) is 18.3. The third-order valence-electron chi connectivity index (χ3n) is 4.93. The summed E-state index contributed by atoms with van der Waals surface area (Å²) in [6.07, 6.45) is 13.7. The van der Waals surface area contributed by atoms with Gasteiger partial charge in [-0.15, -0.1) is 0 Å². The zero-order chi connectivity index (χ0) is 15.1. The molecule has 2 rings (SSSR count). The van der Waals surface area contributed by atoms with Crippen molar-refractivity contribution in [3.8, 4) is 0 Å². The van der Waals surface area contributed by atoms with Crippen LogP contribution in [0.2, 0.25) is 0 Å². The second kappa shape index (κ2) is 8.23. The second-order valence-corrected chi connectivity index (χ2v) is 7.58. The lowest BCUT2D eigenvalue weighted by Crippen LogP contribution is -2.39. The zero-order valence-electron chi connectivity index (χ0n) is 13.9. The number of thioether (sulfide) groups is 1. The van der Waals surface area contributed by atoms with Crippen molar-refractivity contribution in [3.63, 3.8) is 0 Å². The summed E-state index contributed by atoms with van der Waals surface area (Å²) in [6, 6.07) is 2.72. The molecule has 0 aliphatic heterocycles. The van der Waals surface area contributed by atoms with Crippen LogP contribution in [0.3, 0.4) is 0 Å². The van der Waals surface area contributed by atoms with Crippen molar-refractivity contribution in [1.29, 1.82) is 0 Å². The molecule has 0 radical (unpaired) electrons. The first-order valence-electron chi connectivity index (χ1n) is 8.53. The molecule has 1 fully saturated rings. The maximum absolute atomic E-state index is 4.73. The molecule has 0 spiro atoms. The molecule has 1 N–H and O–H groups in total. The summed E-state index contributed by atoms with van der Waals surface area (Å²) < 4.78 is 2.61. The Hall–Kier alpha value is -0.480. The molecule has 4 heteroatoms. The minimum Gasteiger partial charge on any atom is -0.310 e. The van der Waals surface area contributed by atoms with Gasteiger partial charge in [0.25, 0.3) is 0 Å². The summed E-state index contributed by atoms with van der Waals surface area (Å²) in [7, 11) is 0. The Morgan fingerprint density at radius 1 is 1.29 bits per heavy atom. The highest BCUT2D eigenvalue weighted by atomic mass is 32.2. The lowest BCUT2D eigenvalue weighted by Gasteiger charge is -2.36. The fourth-order valence-corrected chi connectivity index (χ4v) is 4.35. The highest BCUT2D eigenvalue weighted by molar-refractivity contribution is 8.00. The largest absolute Gasteiger partial charge is 0.310 e. The average molecular weight is 310 g/mol. The molecule has 1 aliphatic rings. The van der Waals surface area contributed by atoms with Crippen LogP contribution in [0.25, 0.3) is 0 Å². The molecule has 120 valence electrons. The van der Waals surface area contributed by atoms with Gasteiger partial charge in [0.1, 0.15) is 0 Å². The second-order valence-electron chi connectivity index (χ2n) is 6.31. The van der Waals surface area contributed by atoms with Crippen LogP contribution in [-0.4, -0.2) is 27.3 Å². The Balaban J connectivity index is 1.83. The quantitative estimate of drug-likeness (QED) is 0.772. The summed E-state index contributed by atoms with van der Waals surface area (Å²) in [4.78, 5) is 0. The first-order chi connectivity index (χ1) is 10.2. The van der Waals surface area contributed by atoms with Crippen molar-refractivity contribution in [1.82, 2.24) is 15.1 Å². The third-order valence-corrected chi connectivity index (χ3v) is 6.35. The minimum absolute atomic E-state index is 0.468. The van der Waals surface area contributed by atoms with Gasteiger partial charge in [-0.2, -0.15) is 16.9 Å². The number of hydrogen-bond acceptors (Lipinski definition) is 3. The van der Waals surface area contributed by atoms with E-state index in [-0.39, 0.29) is 0 Å². The summed E-state index contributed by atoms with van der Waals surface area (Å²) in [5.74, 6) is 0. The van der Waals surface area contributed by atoms with Crippen molar-refractivity contribution in [3.05, 3.63) is 18.0 Å². The van der Waals surface area contributed by atoms with E-state index in [0.29, 0.717) is 10.8 Å². The predicted octanol–water partition coefficient (Wildman–Crippen LogP) is 4.40. The van der Waals surface area contributed by atoms with Gasteiger partial charge in [-0.05, 0) is 38.0 Å². The minimum atomic E-state index is 0.468. The van der Waals surface area contributed by atoms with Gasteiger partial charge in [0.2, 0.25) is 0 Å². The van der Waals surface area contributed by atoms with Gasteiger partial charge in [0.15, 0.2) is 0 Å². The molecule has 0 amide bonds. The average Bonchev–Trinajstić information content (AvgIpc) is 2.98. The standard InChI is InChI=1S/C17H31N3S/c1-4-16(5-2)20-12-9-15(19-20)13-18-14-17(21-3)10-7-6-8-11-17/h9,12,16,18H,4-8,10-11,13-14H2,1-3H3. The highest BCUT2D eigenvalue weighted by Gasteiger charge is 2.30. The van der Waals surface area contributed by atoms with Crippen LogP contribution in [0.1, 0.15) is 70.5 Å². The van der Waals surface area contributed by atoms with Crippen molar-refractivity contribution >= 4 is 11.8 Å². The van der Waals surface area contributed by atoms with Gasteiger partial charge in [-0.3, -0.25) is 4.68 Å². The van der Waals surface area contributed by atoms with Gasteiger partial charge in [-0.1, -0.05) is 33.1 Å². The predicted molar refractivity (Wildman–Crippen MR) is 92.9 cm³/mol. The number of rotatable bonds is 8. The lowest BCUT2D eigenvalue weighted by molar-refractivity contribution is 0.377. The first-order valence-corrected chi connectivity index (χ1v) is 9.75. The van der Waals surface area contributed by atoms with Crippen LogP contribution in [-0.2, 0) is 6.54 Å². The van der Waals surface area contributed by atoms with Crippen LogP contribution >= 0.6 is 11.8 Å². The summed E-state index contributed by atoms with van der Waals surface area (Å²) in [5, 5.41) is 8.39. The first kappa shape index (κ1) is 16.9. The molecule has 1 aliphatic carbocycles. The van der Waals surface area contributed by atoms with Crippen LogP contribution in [0.15, 0.2) is 12.3 Å². The molecule has 21 heavy (non-hydrogen) atoms. The number of aromatic nitrogens is 2. The Morgan fingerprint density at radius 3 is 2.62 bits per heavy atom. The Bertz CT molecular complexity index is 406. The van der Waals surface area contributed by atoms with Gasteiger partial charge in [0, 0.05) is 24.0 Å². The maximum Gasteiger partial charge on any atom is 0.0762 e. The Kier molecular flexibility index (Phi) is 6.62. The Morgan fingerprint density at radius 2 is 2.00 bits per heavy atom. The molecule has 0 saturated heterocycles. The summed E-state index contributed by atoms with van der Waals surface area (Å²) >= 11 is 2.06. The summed E-state index contributed by atoms with van der Waals surface area (Å²) in [5.41, 5.74) is 1.17. The molecule has 3 nitrogen and oxygen atoms in total. The molecule has 1 heterocycles. The van der Waals surface area contributed by atoms with Gasteiger partial charge in [0.05, 0.1) is 11.7 Å². The van der Waals surface area contributed by atoms with E-state index in [1.807, 2.05) is 0 Å². The van der Waals surface area contributed by atoms with E-state index >= 15 is 0 Å². The molecule has 0 unspecified atom stereocenters. The molecule has 1 aromatic heterocycles. The van der Waals surface area contributed by atoms with E-state index in [4.69, 9.17) is 5.10 Å². The highest BCUT2D eigenvalue weighted by Crippen LogP contribution is 2.37. The number of hydrogen-bond donors (Lipinski definition) is 1. The van der Waals surface area contributed by atoms with Crippen LogP contribution in [0.4, 0.5) is 0 Å². The molecule has 0 aromatic carbocycles. The number of nitrogens with zero attached hydrogens (tertiary/aromatic N) is 2. The van der Waals surface area contributed by atoms with E-state index in [0.717, 1.165) is 25.9 Å². The zero-order valence-corrected chi connectivity index (χ0v) is 14.7. The third kappa shape index (κ3) is 4.49. The van der Waals surface area contributed by atoms with Crippen LogP contribution in [0.5, 0.6) is 0 Å².